The molecule has 7 heteroatoms. The van der Waals surface area contributed by atoms with Gasteiger partial charge in [-0.25, -0.2) is 9.69 Å². The molecule has 5 aromatic rings. The van der Waals surface area contributed by atoms with Gasteiger partial charge in [0.1, 0.15) is 17.9 Å². The zero-order valence-electron chi connectivity index (χ0n) is 21.5. The Morgan fingerprint density at radius 3 is 2.27 bits per heavy atom. The first-order valence-corrected chi connectivity index (χ1v) is 13.1. The number of hydrogen-bond donors (Lipinski definition) is 1. The van der Waals surface area contributed by atoms with Crippen LogP contribution >= 0.6 is 11.6 Å². The second-order valence-corrected chi connectivity index (χ2v) is 9.87. The van der Waals surface area contributed by atoms with Crippen molar-refractivity contribution in [2.24, 2.45) is 0 Å². The van der Waals surface area contributed by atoms with E-state index in [1.165, 1.54) is 6.08 Å². The number of barbiturate groups is 1. The number of anilines is 1. The Morgan fingerprint density at radius 2 is 1.48 bits per heavy atom. The lowest BCUT2D eigenvalue weighted by Crippen LogP contribution is -2.54. The van der Waals surface area contributed by atoms with Crippen LogP contribution in [0.25, 0.3) is 27.6 Å². The van der Waals surface area contributed by atoms with Crippen molar-refractivity contribution in [2.45, 2.75) is 13.5 Å². The number of nitrogens with one attached hydrogen (secondary N) is 1. The maximum Gasteiger partial charge on any atom is 0.335 e. The molecule has 1 aliphatic rings. The summed E-state index contributed by atoms with van der Waals surface area (Å²) in [5, 5.41) is 6.60. The number of amides is 4. The number of carbonyl (C=O) groups is 3. The summed E-state index contributed by atoms with van der Waals surface area (Å²) in [5.74, 6) is -1.02. The van der Waals surface area contributed by atoms with Crippen LogP contribution in [0.2, 0.25) is 5.02 Å². The molecule has 0 spiro atoms. The van der Waals surface area contributed by atoms with Gasteiger partial charge in [-0.1, -0.05) is 90.5 Å². The normalized spacial score (nSPS) is 14.7. The minimum Gasteiger partial charge on any atom is -0.488 e. The van der Waals surface area contributed by atoms with E-state index in [2.05, 4.69) is 5.32 Å². The highest BCUT2D eigenvalue weighted by Gasteiger charge is 2.38. The maximum absolute atomic E-state index is 13.7. The largest absolute Gasteiger partial charge is 0.488 e. The molecule has 1 heterocycles. The third-order valence-electron chi connectivity index (χ3n) is 7.06. The lowest BCUT2D eigenvalue weighted by Gasteiger charge is -2.28. The SMILES string of the molecule is Cc1c(Cl)cccc1N1C(=O)NC(=O)/C(=C\c2c(OCc3cccc4ccccc34)ccc3ccccc23)C1=O. The van der Waals surface area contributed by atoms with Crippen LogP contribution in [0.5, 0.6) is 5.75 Å². The highest BCUT2D eigenvalue weighted by Crippen LogP contribution is 2.34. The topological polar surface area (TPSA) is 75.7 Å². The smallest absolute Gasteiger partial charge is 0.335 e. The lowest BCUT2D eigenvalue weighted by molar-refractivity contribution is -0.122. The van der Waals surface area contributed by atoms with Crippen LogP contribution in [-0.4, -0.2) is 17.8 Å². The summed E-state index contributed by atoms with van der Waals surface area (Å²) < 4.78 is 6.33. The number of benzene rings is 5. The minimum atomic E-state index is -0.831. The van der Waals surface area contributed by atoms with Crippen molar-refractivity contribution in [3.05, 3.63) is 124 Å². The average molecular weight is 547 g/mol. The van der Waals surface area contributed by atoms with Crippen LogP contribution in [0, 0.1) is 6.92 Å². The number of ether oxygens (including phenoxy) is 1. The van der Waals surface area contributed by atoms with E-state index >= 15 is 0 Å². The van der Waals surface area contributed by atoms with Gasteiger partial charge < -0.3 is 4.74 Å². The Labute approximate surface area is 235 Å². The van der Waals surface area contributed by atoms with E-state index < -0.39 is 17.8 Å². The van der Waals surface area contributed by atoms with E-state index in [0.717, 1.165) is 32.0 Å². The molecule has 0 radical (unpaired) electrons. The maximum atomic E-state index is 13.7. The molecule has 0 unspecified atom stereocenters. The molecule has 0 atom stereocenters. The third kappa shape index (κ3) is 4.48. The Morgan fingerprint density at radius 1 is 0.800 bits per heavy atom. The number of hydrogen-bond acceptors (Lipinski definition) is 4. The summed E-state index contributed by atoms with van der Waals surface area (Å²) in [6.07, 6.45) is 1.50. The first-order chi connectivity index (χ1) is 19.4. The Bertz CT molecular complexity index is 1870. The van der Waals surface area contributed by atoms with E-state index in [4.69, 9.17) is 16.3 Å². The van der Waals surface area contributed by atoms with Crippen LogP contribution in [0.15, 0.2) is 103 Å². The van der Waals surface area contributed by atoms with Crippen molar-refractivity contribution in [3.8, 4) is 5.75 Å². The van der Waals surface area contributed by atoms with Crippen LogP contribution in [-0.2, 0) is 16.2 Å². The molecule has 1 saturated heterocycles. The number of carbonyl (C=O) groups excluding carboxylic acids is 3. The second-order valence-electron chi connectivity index (χ2n) is 9.47. The van der Waals surface area contributed by atoms with Gasteiger partial charge in [0.25, 0.3) is 11.8 Å². The van der Waals surface area contributed by atoms with Gasteiger partial charge in [-0.05, 0) is 63.9 Å². The standard InChI is InChI=1S/C33H23ClN2O4/c1-20-28(34)14-7-15-29(20)36-32(38)27(31(37)35-33(36)39)18-26-25-13-5-3-9-22(25)16-17-30(26)40-19-23-11-6-10-21-8-2-4-12-24(21)23/h2-18H,19H2,1H3,(H,35,37,39)/b27-18+. The van der Waals surface area contributed by atoms with Crippen molar-refractivity contribution in [2.75, 3.05) is 4.90 Å². The fourth-order valence-corrected chi connectivity index (χ4v) is 5.15. The monoisotopic (exact) mass is 546 g/mol. The molecule has 1 N–H and O–H groups in total. The van der Waals surface area contributed by atoms with Crippen molar-refractivity contribution < 1.29 is 19.1 Å². The zero-order valence-corrected chi connectivity index (χ0v) is 22.2. The highest BCUT2D eigenvalue weighted by atomic mass is 35.5. The average Bonchev–Trinajstić information content (AvgIpc) is 2.96. The van der Waals surface area contributed by atoms with Crippen LogP contribution in [0.4, 0.5) is 10.5 Å². The lowest BCUT2D eigenvalue weighted by atomic mass is 9.99. The van der Waals surface area contributed by atoms with Crippen molar-refractivity contribution in [1.29, 1.82) is 0 Å². The molecule has 1 aliphatic heterocycles. The van der Waals surface area contributed by atoms with Crippen LogP contribution in [0.3, 0.4) is 0 Å². The molecule has 4 amide bonds. The van der Waals surface area contributed by atoms with Gasteiger partial charge in [0.05, 0.1) is 5.69 Å². The second kappa shape index (κ2) is 10.3. The Balaban J connectivity index is 1.44. The number of rotatable bonds is 5. The predicted molar refractivity (Wildman–Crippen MR) is 157 cm³/mol. The van der Waals surface area contributed by atoms with Gasteiger partial charge in [0.15, 0.2) is 0 Å². The summed E-state index contributed by atoms with van der Waals surface area (Å²) >= 11 is 6.26. The van der Waals surface area contributed by atoms with E-state index in [-0.39, 0.29) is 12.2 Å². The Hall–Kier alpha value is -4.94. The molecular weight excluding hydrogens is 524 g/mol. The van der Waals surface area contributed by atoms with Crippen molar-refractivity contribution in [3.63, 3.8) is 0 Å². The molecule has 0 aliphatic carbocycles. The van der Waals surface area contributed by atoms with Gasteiger partial charge in [-0.2, -0.15) is 0 Å². The molecular formula is C33H23ClN2O4. The third-order valence-corrected chi connectivity index (χ3v) is 7.47. The molecule has 196 valence electrons. The molecule has 5 aromatic carbocycles. The fraction of sp³-hybridized carbons (Fsp3) is 0.0606. The van der Waals surface area contributed by atoms with Crippen LogP contribution in [0.1, 0.15) is 16.7 Å². The van der Waals surface area contributed by atoms with Gasteiger partial charge in [0.2, 0.25) is 0 Å². The summed E-state index contributed by atoms with van der Waals surface area (Å²) in [7, 11) is 0. The number of imide groups is 2. The van der Waals surface area contributed by atoms with E-state index in [0.29, 0.717) is 27.6 Å². The molecule has 0 aromatic heterocycles. The summed E-state index contributed by atoms with van der Waals surface area (Å²) in [6.45, 7) is 1.99. The number of nitrogens with zero attached hydrogens (tertiary/aromatic N) is 1. The molecule has 40 heavy (non-hydrogen) atoms. The highest BCUT2D eigenvalue weighted by molar-refractivity contribution is 6.40. The molecule has 6 nitrogen and oxygen atoms in total. The van der Waals surface area contributed by atoms with E-state index in [1.54, 1.807) is 25.1 Å². The van der Waals surface area contributed by atoms with Gasteiger partial charge in [0, 0.05) is 10.6 Å². The van der Waals surface area contributed by atoms with E-state index in [1.807, 2.05) is 78.9 Å². The quantitative estimate of drug-likeness (QED) is 0.187. The molecule has 1 fully saturated rings. The minimum absolute atomic E-state index is 0.190. The molecule has 0 bridgehead atoms. The zero-order chi connectivity index (χ0) is 27.8. The van der Waals surface area contributed by atoms with Crippen molar-refractivity contribution in [1.82, 2.24) is 5.32 Å². The number of fused-ring (bicyclic) bond motifs is 2. The fourth-order valence-electron chi connectivity index (χ4n) is 4.98. The van der Waals surface area contributed by atoms with E-state index in [9.17, 15) is 14.4 Å². The first-order valence-electron chi connectivity index (χ1n) is 12.7. The number of halogens is 1. The molecule has 6 rings (SSSR count). The van der Waals surface area contributed by atoms with Gasteiger partial charge in [-0.15, -0.1) is 0 Å². The first kappa shape index (κ1) is 25.3. The summed E-state index contributed by atoms with van der Waals surface area (Å²) in [4.78, 5) is 40.4. The number of urea groups is 1. The van der Waals surface area contributed by atoms with Gasteiger partial charge >= 0.3 is 6.03 Å². The van der Waals surface area contributed by atoms with Gasteiger partial charge in [-0.3, -0.25) is 14.9 Å². The van der Waals surface area contributed by atoms with Crippen molar-refractivity contribution >= 4 is 62.8 Å². The molecule has 0 saturated carbocycles. The van der Waals surface area contributed by atoms with Crippen LogP contribution < -0.4 is 15.0 Å². The summed E-state index contributed by atoms with van der Waals surface area (Å²) in [6, 6.07) is 29.6. The summed E-state index contributed by atoms with van der Waals surface area (Å²) in [5.41, 5.74) is 2.23. The predicted octanol–water partition coefficient (Wildman–Crippen LogP) is 7.20. The Kier molecular flexibility index (Phi) is 6.54.